The van der Waals surface area contributed by atoms with Gasteiger partial charge in [-0.15, -0.1) is 0 Å². The molecule has 4 rings (SSSR count). The van der Waals surface area contributed by atoms with Gasteiger partial charge in [-0.3, -0.25) is 4.79 Å². The van der Waals surface area contributed by atoms with Gasteiger partial charge in [-0.05, 0) is 66.6 Å². The molecule has 0 spiro atoms. The molecule has 11 heteroatoms. The number of aromatic nitrogens is 1. The lowest BCUT2D eigenvalue weighted by Gasteiger charge is -2.17. The van der Waals surface area contributed by atoms with E-state index in [2.05, 4.69) is 26.0 Å². The Morgan fingerprint density at radius 1 is 1.11 bits per heavy atom. The number of fused-ring (bicyclic) bond motifs is 1. The molecule has 7 nitrogen and oxygen atoms in total. The lowest BCUT2D eigenvalue weighted by molar-refractivity contribution is 0.0987. The topological polar surface area (TPSA) is 82.9 Å². The molecule has 192 valence electrons. The second-order valence-electron chi connectivity index (χ2n) is 8.23. The fourth-order valence-corrected chi connectivity index (χ4v) is 6.09. The Labute approximate surface area is 227 Å². The minimum atomic E-state index is -3.66. The summed E-state index contributed by atoms with van der Waals surface area (Å²) >= 11 is 4.73. The fourth-order valence-electron chi connectivity index (χ4n) is 3.41. The van der Waals surface area contributed by atoms with Gasteiger partial charge in [-0.1, -0.05) is 52.7 Å². The van der Waals surface area contributed by atoms with Crippen molar-refractivity contribution in [3.8, 4) is 0 Å². The van der Waals surface area contributed by atoms with E-state index in [1.54, 1.807) is 19.2 Å². The molecule has 0 N–H and O–H groups in total. The normalized spacial score (nSPS) is 12.0. The van der Waals surface area contributed by atoms with E-state index >= 15 is 0 Å². The van der Waals surface area contributed by atoms with Gasteiger partial charge < -0.3 is 0 Å². The Bertz CT molecular complexity index is 1540. The predicted octanol–water partition coefficient (Wildman–Crippen LogP) is 6.30. The van der Waals surface area contributed by atoms with Crippen molar-refractivity contribution in [1.82, 2.24) is 9.29 Å². The Balaban J connectivity index is 1.67. The van der Waals surface area contributed by atoms with Gasteiger partial charge in [0.2, 0.25) is 15.2 Å². The van der Waals surface area contributed by atoms with E-state index in [1.165, 1.54) is 63.3 Å². The molecular weight excluding hydrogens is 579 g/mol. The number of carbonyl (C=O) groups is 1. The minimum Gasteiger partial charge on any atom is -0.267 e. The maximum Gasteiger partial charge on any atom is 0.280 e. The third kappa shape index (κ3) is 6.30. The summed E-state index contributed by atoms with van der Waals surface area (Å²) in [5.41, 5.74) is 1.54. The SMILES string of the molecule is CCCCN(C)S(=O)(=O)c1ccc(C(=O)N(/N=C/c2ccc(F)cc2)c2nc3ccc(Br)cc3s2)cc1. The summed E-state index contributed by atoms with van der Waals surface area (Å²) in [6.45, 7) is 2.41. The van der Waals surface area contributed by atoms with Gasteiger partial charge in [-0.2, -0.15) is 10.1 Å². The smallest absolute Gasteiger partial charge is 0.267 e. The number of rotatable bonds is 9. The molecule has 0 aliphatic carbocycles. The van der Waals surface area contributed by atoms with Crippen LogP contribution in [0.5, 0.6) is 0 Å². The van der Waals surface area contributed by atoms with Crippen LogP contribution in [0.15, 0.2) is 81.2 Å². The number of unbranched alkanes of at least 4 members (excludes halogenated alkanes) is 1. The lowest BCUT2D eigenvalue weighted by atomic mass is 10.2. The average molecular weight is 604 g/mol. The van der Waals surface area contributed by atoms with Crippen LogP contribution in [0, 0.1) is 5.82 Å². The molecule has 1 aromatic heterocycles. The number of benzene rings is 3. The van der Waals surface area contributed by atoms with Crippen molar-refractivity contribution < 1.29 is 17.6 Å². The van der Waals surface area contributed by atoms with Crippen LogP contribution in [-0.2, 0) is 10.0 Å². The van der Waals surface area contributed by atoms with Crippen molar-refractivity contribution in [2.45, 2.75) is 24.7 Å². The van der Waals surface area contributed by atoms with E-state index in [4.69, 9.17) is 0 Å². The first-order chi connectivity index (χ1) is 17.7. The molecule has 0 aliphatic heterocycles. The Morgan fingerprint density at radius 2 is 1.81 bits per heavy atom. The highest BCUT2D eigenvalue weighted by Crippen LogP contribution is 2.32. The van der Waals surface area contributed by atoms with Crippen LogP contribution in [-0.4, -0.2) is 43.4 Å². The number of amides is 1. The third-order valence-electron chi connectivity index (χ3n) is 5.54. The summed E-state index contributed by atoms with van der Waals surface area (Å²) in [6.07, 6.45) is 3.08. The standard InChI is InChI=1S/C26H24BrFN4O3S2/c1-3-4-15-31(2)37(34,35)22-12-7-19(8-13-22)25(33)32(29-17-18-5-10-21(28)11-6-18)26-30-23-14-9-20(27)16-24(23)36-26/h5-14,16-17H,3-4,15H2,1-2H3/b29-17+. The Morgan fingerprint density at radius 3 is 2.49 bits per heavy atom. The van der Waals surface area contributed by atoms with E-state index < -0.39 is 15.9 Å². The van der Waals surface area contributed by atoms with Crippen LogP contribution >= 0.6 is 27.3 Å². The fraction of sp³-hybridized carbons (Fsp3) is 0.192. The van der Waals surface area contributed by atoms with E-state index in [1.807, 2.05) is 25.1 Å². The summed E-state index contributed by atoms with van der Waals surface area (Å²) in [4.78, 5) is 18.2. The molecule has 4 aromatic rings. The molecule has 37 heavy (non-hydrogen) atoms. The summed E-state index contributed by atoms with van der Waals surface area (Å²) in [7, 11) is -2.12. The van der Waals surface area contributed by atoms with Crippen molar-refractivity contribution >= 4 is 64.8 Å². The van der Waals surface area contributed by atoms with E-state index in [9.17, 15) is 17.6 Å². The molecule has 0 saturated heterocycles. The summed E-state index contributed by atoms with van der Waals surface area (Å²) in [5.74, 6) is -0.864. The number of hydrazone groups is 1. The zero-order chi connectivity index (χ0) is 26.6. The first-order valence-corrected chi connectivity index (χ1v) is 14.5. The van der Waals surface area contributed by atoms with Gasteiger partial charge in [0.05, 0.1) is 21.3 Å². The Hall–Kier alpha value is -2.99. The van der Waals surface area contributed by atoms with Crippen LogP contribution < -0.4 is 5.01 Å². The van der Waals surface area contributed by atoms with Crippen LogP contribution in [0.25, 0.3) is 10.2 Å². The lowest BCUT2D eigenvalue weighted by Crippen LogP contribution is -2.28. The van der Waals surface area contributed by atoms with Gasteiger partial charge in [0, 0.05) is 23.6 Å². The van der Waals surface area contributed by atoms with Crippen LogP contribution in [0.2, 0.25) is 0 Å². The molecule has 0 atom stereocenters. The third-order valence-corrected chi connectivity index (χ3v) is 8.90. The van der Waals surface area contributed by atoms with Crippen LogP contribution in [0.4, 0.5) is 9.52 Å². The monoisotopic (exact) mass is 602 g/mol. The molecule has 0 unspecified atom stereocenters. The van der Waals surface area contributed by atoms with Crippen molar-refractivity contribution in [1.29, 1.82) is 0 Å². The maximum atomic E-state index is 13.6. The number of sulfonamides is 1. The highest BCUT2D eigenvalue weighted by molar-refractivity contribution is 9.10. The number of nitrogens with zero attached hydrogens (tertiary/aromatic N) is 4. The van der Waals surface area contributed by atoms with Gasteiger partial charge in [0.25, 0.3) is 5.91 Å². The highest BCUT2D eigenvalue weighted by Gasteiger charge is 2.24. The molecule has 0 fully saturated rings. The number of thiazole rings is 1. The number of halogens is 2. The van der Waals surface area contributed by atoms with Crippen LogP contribution in [0.1, 0.15) is 35.7 Å². The molecular formula is C26H24BrFN4O3S2. The van der Waals surface area contributed by atoms with Crippen molar-refractivity contribution in [2.75, 3.05) is 18.6 Å². The first kappa shape index (κ1) is 27.1. The minimum absolute atomic E-state index is 0.105. The molecule has 0 radical (unpaired) electrons. The van der Waals surface area contributed by atoms with E-state index in [-0.39, 0.29) is 16.3 Å². The molecule has 0 saturated carbocycles. The molecule has 3 aromatic carbocycles. The van der Waals surface area contributed by atoms with Gasteiger partial charge in [0.1, 0.15) is 5.82 Å². The molecule has 1 heterocycles. The van der Waals surface area contributed by atoms with Gasteiger partial charge >= 0.3 is 0 Å². The zero-order valence-electron chi connectivity index (χ0n) is 20.1. The maximum absolute atomic E-state index is 13.6. The second kappa shape index (κ2) is 11.6. The van der Waals surface area contributed by atoms with Gasteiger partial charge in [-0.25, -0.2) is 22.1 Å². The number of anilines is 1. The molecule has 0 bridgehead atoms. The largest absolute Gasteiger partial charge is 0.280 e. The van der Waals surface area contributed by atoms with E-state index in [0.29, 0.717) is 22.8 Å². The van der Waals surface area contributed by atoms with E-state index in [0.717, 1.165) is 22.0 Å². The van der Waals surface area contributed by atoms with Gasteiger partial charge in [0.15, 0.2) is 0 Å². The molecule has 0 aliphatic rings. The quantitative estimate of drug-likeness (QED) is 0.166. The summed E-state index contributed by atoms with van der Waals surface area (Å²) < 4.78 is 42.1. The number of carbonyl (C=O) groups excluding carboxylic acids is 1. The predicted molar refractivity (Wildman–Crippen MR) is 149 cm³/mol. The van der Waals surface area contributed by atoms with Crippen molar-refractivity contribution in [3.63, 3.8) is 0 Å². The summed E-state index contributed by atoms with van der Waals surface area (Å²) in [6, 6.07) is 17.1. The van der Waals surface area contributed by atoms with Crippen molar-refractivity contribution in [2.24, 2.45) is 5.10 Å². The summed E-state index contributed by atoms with van der Waals surface area (Å²) in [5, 5.41) is 5.87. The number of hydrogen-bond acceptors (Lipinski definition) is 6. The van der Waals surface area contributed by atoms with Crippen LogP contribution in [0.3, 0.4) is 0 Å². The average Bonchev–Trinajstić information content (AvgIpc) is 3.31. The zero-order valence-corrected chi connectivity index (χ0v) is 23.4. The Kier molecular flexibility index (Phi) is 8.48. The second-order valence-corrected chi connectivity index (χ2v) is 12.2. The number of hydrogen-bond donors (Lipinski definition) is 0. The van der Waals surface area contributed by atoms with Crippen molar-refractivity contribution in [3.05, 3.63) is 88.1 Å². The first-order valence-electron chi connectivity index (χ1n) is 11.5. The molecule has 1 amide bonds. The highest BCUT2D eigenvalue weighted by atomic mass is 79.9.